The maximum atomic E-state index is 12.8. The molecule has 2 aromatic heterocycles. The lowest BCUT2D eigenvalue weighted by molar-refractivity contribution is -0.135. The molecule has 0 bridgehead atoms. The van der Waals surface area contributed by atoms with Crippen LogP contribution >= 0.6 is 11.6 Å². The Balaban J connectivity index is 2.06. The Morgan fingerprint density at radius 1 is 1.35 bits per heavy atom. The van der Waals surface area contributed by atoms with Crippen LogP contribution in [0.25, 0.3) is 0 Å². The molecular weight excluding hydrogens is 366 g/mol. The molecule has 10 heteroatoms. The summed E-state index contributed by atoms with van der Waals surface area (Å²) in [5, 5.41) is 21.4. The van der Waals surface area contributed by atoms with Gasteiger partial charge in [0.2, 0.25) is 0 Å². The van der Waals surface area contributed by atoms with Gasteiger partial charge in [0, 0.05) is 11.8 Å². The zero-order valence-corrected chi connectivity index (χ0v) is 14.1. The van der Waals surface area contributed by atoms with Gasteiger partial charge in [-0.2, -0.15) is 0 Å². The highest BCUT2D eigenvalue weighted by Crippen LogP contribution is 2.30. The van der Waals surface area contributed by atoms with E-state index < -0.39 is 35.3 Å². The quantitative estimate of drug-likeness (QED) is 0.644. The van der Waals surface area contributed by atoms with E-state index in [-0.39, 0.29) is 19.8 Å². The highest BCUT2D eigenvalue weighted by Gasteiger charge is 2.29. The van der Waals surface area contributed by atoms with Crippen molar-refractivity contribution < 1.29 is 24.5 Å². The van der Waals surface area contributed by atoms with E-state index in [0.717, 1.165) is 0 Å². The van der Waals surface area contributed by atoms with Crippen molar-refractivity contribution in [2.45, 2.75) is 19.8 Å². The number of rotatable bonds is 5. The Hall–Kier alpha value is -2.91. The number of hydrogen-bond acceptors (Lipinski definition) is 6. The largest absolute Gasteiger partial charge is 0.506 e. The summed E-state index contributed by atoms with van der Waals surface area (Å²) in [5.74, 6) is -2.72. The monoisotopic (exact) mass is 379 g/mol. The van der Waals surface area contributed by atoms with Gasteiger partial charge >= 0.3 is 5.97 Å². The minimum absolute atomic E-state index is 0.0412. The Kier molecular flexibility index (Phi) is 4.92. The van der Waals surface area contributed by atoms with Crippen molar-refractivity contribution in [2.24, 2.45) is 0 Å². The third-order valence-electron chi connectivity index (χ3n) is 3.90. The van der Waals surface area contributed by atoms with Gasteiger partial charge in [0.05, 0.1) is 25.5 Å². The Morgan fingerprint density at radius 3 is 2.77 bits per heavy atom. The molecule has 1 aliphatic rings. The van der Waals surface area contributed by atoms with E-state index in [1.165, 1.54) is 10.8 Å². The number of aliphatic carboxylic acids is 1. The highest BCUT2D eigenvalue weighted by atomic mass is 35.5. The van der Waals surface area contributed by atoms with Crippen LogP contribution in [0.2, 0.25) is 5.15 Å². The van der Waals surface area contributed by atoms with E-state index in [2.05, 4.69) is 10.3 Å². The SMILES string of the molecule is O=C(O)CNC(=O)c1c(O)c2c(n(Cc3ccc(Cl)nc3)c1=O)COC2. The number of carboxylic acids is 1. The molecule has 0 radical (unpaired) electrons. The first kappa shape index (κ1) is 17.9. The standard InChI is InChI=1S/C16H14ClN3O6/c17-11-2-1-8(3-18-11)5-20-10-7-26-6-9(10)14(23)13(16(20)25)15(24)19-4-12(21)22/h1-3,23H,4-7H2,(H,19,24)(H,21,22). The minimum atomic E-state index is -1.27. The summed E-state index contributed by atoms with van der Waals surface area (Å²) < 4.78 is 6.61. The maximum Gasteiger partial charge on any atom is 0.322 e. The third kappa shape index (κ3) is 3.39. The molecule has 26 heavy (non-hydrogen) atoms. The fraction of sp³-hybridized carbons (Fsp3) is 0.250. The third-order valence-corrected chi connectivity index (χ3v) is 4.12. The fourth-order valence-electron chi connectivity index (χ4n) is 2.67. The zero-order valence-electron chi connectivity index (χ0n) is 13.4. The number of carbonyl (C=O) groups is 2. The Morgan fingerprint density at radius 2 is 2.12 bits per heavy atom. The molecule has 3 rings (SSSR count). The number of pyridine rings is 2. The lowest BCUT2D eigenvalue weighted by Gasteiger charge is -2.15. The molecule has 0 saturated carbocycles. The molecule has 1 aliphatic heterocycles. The lowest BCUT2D eigenvalue weighted by Crippen LogP contribution is -2.37. The van der Waals surface area contributed by atoms with Gasteiger partial charge in [-0.15, -0.1) is 0 Å². The van der Waals surface area contributed by atoms with Crippen LogP contribution < -0.4 is 10.9 Å². The second-order valence-electron chi connectivity index (χ2n) is 5.60. The number of halogens is 1. The molecular formula is C16H14ClN3O6. The van der Waals surface area contributed by atoms with Gasteiger partial charge in [0.25, 0.3) is 11.5 Å². The topological polar surface area (TPSA) is 131 Å². The summed E-state index contributed by atoms with van der Waals surface area (Å²) in [4.78, 5) is 39.6. The van der Waals surface area contributed by atoms with Gasteiger partial charge in [-0.05, 0) is 11.6 Å². The lowest BCUT2D eigenvalue weighted by atomic mass is 10.1. The summed E-state index contributed by atoms with van der Waals surface area (Å²) in [6, 6.07) is 3.25. The number of aromatic hydroxyl groups is 1. The van der Waals surface area contributed by atoms with Crippen molar-refractivity contribution in [3.63, 3.8) is 0 Å². The average molecular weight is 380 g/mol. The van der Waals surface area contributed by atoms with Crippen LogP contribution in [0.4, 0.5) is 0 Å². The summed E-state index contributed by atoms with van der Waals surface area (Å²) in [5.41, 5.74) is 0.180. The number of fused-ring (bicyclic) bond motifs is 1. The van der Waals surface area contributed by atoms with E-state index in [4.69, 9.17) is 21.4 Å². The summed E-state index contributed by atoms with van der Waals surface area (Å²) in [6.45, 7) is -0.434. The van der Waals surface area contributed by atoms with Gasteiger partial charge < -0.3 is 24.8 Å². The number of carbonyl (C=O) groups excluding carboxylic acids is 1. The Labute approximate surface area is 151 Å². The zero-order chi connectivity index (χ0) is 18.8. The molecule has 3 N–H and O–H groups in total. The van der Waals surface area contributed by atoms with Gasteiger partial charge in [-0.3, -0.25) is 14.4 Å². The van der Waals surface area contributed by atoms with Crippen LogP contribution in [0.5, 0.6) is 5.75 Å². The van der Waals surface area contributed by atoms with Crippen molar-refractivity contribution in [3.05, 3.63) is 56.2 Å². The molecule has 0 saturated heterocycles. The van der Waals surface area contributed by atoms with E-state index in [9.17, 15) is 19.5 Å². The molecule has 0 fully saturated rings. The number of hydrogen-bond donors (Lipinski definition) is 3. The summed E-state index contributed by atoms with van der Waals surface area (Å²) in [6.07, 6.45) is 1.49. The minimum Gasteiger partial charge on any atom is -0.506 e. The Bertz CT molecular complexity index is 938. The van der Waals surface area contributed by atoms with Crippen LogP contribution in [-0.2, 0) is 29.3 Å². The summed E-state index contributed by atoms with van der Waals surface area (Å²) in [7, 11) is 0. The molecule has 1 amide bonds. The molecule has 3 heterocycles. The van der Waals surface area contributed by atoms with E-state index >= 15 is 0 Å². The number of carboxylic acid groups (broad SMARTS) is 1. The van der Waals surface area contributed by atoms with Gasteiger partial charge in [-0.1, -0.05) is 17.7 Å². The van der Waals surface area contributed by atoms with E-state index in [1.807, 2.05) is 0 Å². The van der Waals surface area contributed by atoms with Crippen molar-refractivity contribution in [1.29, 1.82) is 0 Å². The fourth-order valence-corrected chi connectivity index (χ4v) is 2.79. The number of aromatic nitrogens is 2. The molecule has 136 valence electrons. The van der Waals surface area contributed by atoms with Gasteiger partial charge in [0.15, 0.2) is 0 Å². The van der Waals surface area contributed by atoms with Crippen molar-refractivity contribution in [1.82, 2.24) is 14.9 Å². The predicted molar refractivity (Wildman–Crippen MR) is 89.2 cm³/mol. The van der Waals surface area contributed by atoms with Gasteiger partial charge in [0.1, 0.15) is 23.0 Å². The van der Waals surface area contributed by atoms with Crippen LogP contribution in [0.3, 0.4) is 0 Å². The van der Waals surface area contributed by atoms with Crippen molar-refractivity contribution in [3.8, 4) is 5.75 Å². The molecule has 0 aromatic carbocycles. The molecule has 9 nitrogen and oxygen atoms in total. The normalized spacial score (nSPS) is 12.7. The van der Waals surface area contributed by atoms with Crippen molar-refractivity contribution in [2.75, 3.05) is 6.54 Å². The molecule has 0 spiro atoms. The molecule has 2 aromatic rings. The van der Waals surface area contributed by atoms with Crippen LogP contribution in [-0.4, -0.2) is 38.2 Å². The van der Waals surface area contributed by atoms with Crippen molar-refractivity contribution >= 4 is 23.5 Å². The molecule has 0 aliphatic carbocycles. The number of ether oxygens (including phenoxy) is 1. The first-order valence-corrected chi connectivity index (χ1v) is 7.92. The average Bonchev–Trinajstić information content (AvgIpc) is 3.08. The van der Waals surface area contributed by atoms with E-state index in [0.29, 0.717) is 22.0 Å². The van der Waals surface area contributed by atoms with Crippen LogP contribution in [0.15, 0.2) is 23.1 Å². The predicted octanol–water partition coefficient (Wildman–Crippen LogP) is 0.495. The summed E-state index contributed by atoms with van der Waals surface area (Å²) >= 11 is 5.75. The highest BCUT2D eigenvalue weighted by molar-refractivity contribution is 6.29. The maximum absolute atomic E-state index is 12.8. The van der Waals surface area contributed by atoms with Gasteiger partial charge in [-0.25, -0.2) is 4.98 Å². The van der Waals surface area contributed by atoms with E-state index in [1.54, 1.807) is 12.1 Å². The second kappa shape index (κ2) is 7.14. The second-order valence-corrected chi connectivity index (χ2v) is 5.99. The number of nitrogens with zero attached hydrogens (tertiary/aromatic N) is 2. The molecule has 0 atom stereocenters. The smallest absolute Gasteiger partial charge is 0.322 e. The van der Waals surface area contributed by atoms with Crippen LogP contribution in [0, 0.1) is 0 Å². The first-order valence-electron chi connectivity index (χ1n) is 7.54. The first-order chi connectivity index (χ1) is 12.4. The van der Waals surface area contributed by atoms with Crippen LogP contribution in [0.1, 0.15) is 27.2 Å². The molecule has 0 unspecified atom stereocenters. The number of nitrogens with one attached hydrogen (secondary N) is 1. The number of amides is 1.